The van der Waals surface area contributed by atoms with Crippen molar-refractivity contribution in [2.75, 3.05) is 41.5 Å². The number of amides is 1. The predicted octanol–water partition coefficient (Wildman–Crippen LogP) is 4.51. The number of carboxylic acid groups (broad SMARTS) is 1. The Morgan fingerprint density at radius 2 is 1.42 bits per heavy atom. The van der Waals surface area contributed by atoms with Gasteiger partial charge in [0.15, 0.2) is 6.67 Å². The lowest BCUT2D eigenvalue weighted by Gasteiger charge is -2.46. The lowest BCUT2D eigenvalue weighted by atomic mass is 9.91. The molecule has 218 valence electrons. The van der Waals surface area contributed by atoms with Gasteiger partial charge in [-0.25, -0.2) is 9.59 Å². The SMILES string of the molecule is CCCCCCCCCCCCCCCCOC(=O)C=C1C(N=CC(=O)O)C(C(=O)NC[N+](C)(C)C)N1C. The van der Waals surface area contributed by atoms with Crippen LogP contribution in [0.3, 0.4) is 0 Å². The number of likely N-dealkylation sites (N-methyl/N-ethyl adjacent to an activating group) is 1. The van der Waals surface area contributed by atoms with Gasteiger partial charge < -0.3 is 24.5 Å². The van der Waals surface area contributed by atoms with Gasteiger partial charge in [0.25, 0.3) is 0 Å². The van der Waals surface area contributed by atoms with E-state index >= 15 is 0 Å². The Kier molecular flexibility index (Phi) is 16.6. The van der Waals surface area contributed by atoms with Gasteiger partial charge in [-0.3, -0.25) is 9.79 Å². The van der Waals surface area contributed by atoms with Crippen LogP contribution in [-0.2, 0) is 19.1 Å². The standard InChI is InChI=1S/C29H52N4O5/c1-6-7-8-9-10-11-12-13-14-15-16-17-18-19-20-38-26(36)21-24-27(30-22-25(34)35)28(32(24)2)29(37)31-23-33(3,4)5/h21-22,27-28H,6-20,23H2,1-5H3,(H-,31,34,35,37)/p+1. The monoisotopic (exact) mass is 537 g/mol. The Hall–Kier alpha value is -2.42. The van der Waals surface area contributed by atoms with Crippen molar-refractivity contribution in [1.82, 2.24) is 10.2 Å². The van der Waals surface area contributed by atoms with E-state index in [0.29, 0.717) is 23.5 Å². The molecule has 1 aliphatic rings. The number of quaternary nitrogens is 1. The van der Waals surface area contributed by atoms with E-state index in [0.717, 1.165) is 25.5 Å². The molecule has 1 heterocycles. The smallest absolute Gasteiger partial charge is 0.346 e. The molecule has 0 saturated carbocycles. The van der Waals surface area contributed by atoms with E-state index in [4.69, 9.17) is 9.84 Å². The molecule has 9 heteroatoms. The number of carbonyl (C=O) groups excluding carboxylic acids is 2. The van der Waals surface area contributed by atoms with Crippen LogP contribution in [0, 0.1) is 0 Å². The minimum absolute atomic E-state index is 0.263. The molecule has 2 atom stereocenters. The van der Waals surface area contributed by atoms with Gasteiger partial charge in [0.1, 0.15) is 18.3 Å². The number of hydrogen-bond donors (Lipinski definition) is 2. The zero-order valence-corrected chi connectivity index (χ0v) is 24.5. The molecule has 1 fully saturated rings. The fourth-order valence-corrected chi connectivity index (χ4v) is 4.52. The molecule has 1 amide bonds. The maximum atomic E-state index is 12.7. The van der Waals surface area contributed by atoms with Crippen LogP contribution in [0.5, 0.6) is 0 Å². The number of carbonyl (C=O) groups is 3. The topological polar surface area (TPSA) is 108 Å². The second kappa shape index (κ2) is 18.8. The van der Waals surface area contributed by atoms with Crippen LogP contribution in [0.25, 0.3) is 0 Å². The van der Waals surface area contributed by atoms with Gasteiger partial charge >= 0.3 is 11.9 Å². The normalized spacial score (nSPS) is 18.6. The summed E-state index contributed by atoms with van der Waals surface area (Å²) in [6.45, 7) is 3.02. The maximum Gasteiger partial charge on any atom is 0.346 e. The molecule has 9 nitrogen and oxygen atoms in total. The number of aliphatic imine (C=N–C) groups is 1. The van der Waals surface area contributed by atoms with Crippen LogP contribution in [0.15, 0.2) is 16.8 Å². The number of nitrogens with one attached hydrogen (secondary N) is 1. The molecule has 0 aromatic rings. The number of nitrogens with zero attached hydrogens (tertiary/aromatic N) is 3. The Morgan fingerprint density at radius 1 is 0.921 bits per heavy atom. The van der Waals surface area contributed by atoms with E-state index in [1.165, 1.54) is 76.7 Å². The zero-order valence-electron chi connectivity index (χ0n) is 24.5. The van der Waals surface area contributed by atoms with Crippen LogP contribution >= 0.6 is 0 Å². The number of esters is 1. The van der Waals surface area contributed by atoms with Gasteiger partial charge in [-0.15, -0.1) is 0 Å². The summed E-state index contributed by atoms with van der Waals surface area (Å²) in [5.41, 5.74) is 0.471. The Labute approximate surface area is 230 Å². The molecular weight excluding hydrogens is 484 g/mol. The Balaban J connectivity index is 2.28. The number of ether oxygens (including phenoxy) is 1. The van der Waals surface area contributed by atoms with Crippen molar-refractivity contribution < 1.29 is 28.7 Å². The van der Waals surface area contributed by atoms with Crippen LogP contribution in [-0.4, -0.2) is 92.1 Å². The van der Waals surface area contributed by atoms with Crippen molar-refractivity contribution in [2.45, 2.75) is 109 Å². The molecule has 38 heavy (non-hydrogen) atoms. The van der Waals surface area contributed by atoms with Crippen LogP contribution < -0.4 is 5.32 Å². The van der Waals surface area contributed by atoms with Gasteiger partial charge in [0.2, 0.25) is 5.91 Å². The third kappa shape index (κ3) is 14.5. The molecule has 0 bridgehead atoms. The molecule has 0 aliphatic carbocycles. The highest BCUT2D eigenvalue weighted by molar-refractivity contribution is 6.22. The molecule has 1 rings (SSSR count). The van der Waals surface area contributed by atoms with Crippen molar-refractivity contribution in [3.63, 3.8) is 0 Å². The molecular formula is C29H53N4O5+. The number of unbranched alkanes of at least 4 members (excludes halogenated alkanes) is 13. The first-order chi connectivity index (χ1) is 18.1. The predicted molar refractivity (Wildman–Crippen MR) is 152 cm³/mol. The van der Waals surface area contributed by atoms with Gasteiger partial charge in [-0.05, 0) is 6.42 Å². The quantitative estimate of drug-likeness (QED) is 0.0557. The first kappa shape index (κ1) is 33.6. The lowest BCUT2D eigenvalue weighted by molar-refractivity contribution is -0.872. The fourth-order valence-electron chi connectivity index (χ4n) is 4.52. The highest BCUT2D eigenvalue weighted by atomic mass is 16.5. The van der Waals surface area contributed by atoms with Crippen molar-refractivity contribution in [3.05, 3.63) is 11.8 Å². The molecule has 0 aromatic carbocycles. The van der Waals surface area contributed by atoms with Gasteiger partial charge in [-0.2, -0.15) is 0 Å². The highest BCUT2D eigenvalue weighted by Crippen LogP contribution is 2.31. The maximum absolute atomic E-state index is 12.7. The van der Waals surface area contributed by atoms with Crippen molar-refractivity contribution >= 4 is 24.1 Å². The average molecular weight is 538 g/mol. The largest absolute Gasteiger partial charge is 0.477 e. The molecule has 0 radical (unpaired) electrons. The third-order valence-corrected chi connectivity index (χ3v) is 6.78. The first-order valence-electron chi connectivity index (χ1n) is 14.5. The second-order valence-corrected chi connectivity index (χ2v) is 11.4. The van der Waals surface area contributed by atoms with E-state index in [9.17, 15) is 14.4 Å². The summed E-state index contributed by atoms with van der Waals surface area (Å²) in [6, 6.07) is -1.42. The summed E-state index contributed by atoms with van der Waals surface area (Å²) in [6.07, 6.45) is 19.8. The minimum Gasteiger partial charge on any atom is -0.477 e. The van der Waals surface area contributed by atoms with E-state index in [1.807, 2.05) is 21.1 Å². The Morgan fingerprint density at radius 3 is 1.89 bits per heavy atom. The van der Waals surface area contributed by atoms with Crippen LogP contribution in [0.1, 0.15) is 96.8 Å². The molecule has 1 saturated heterocycles. The van der Waals surface area contributed by atoms with E-state index in [1.54, 1.807) is 11.9 Å². The number of likely N-dealkylation sites (tertiary alicyclic amines) is 1. The Bertz CT molecular complexity index is 775. The number of carboxylic acids is 1. The van der Waals surface area contributed by atoms with E-state index in [2.05, 4.69) is 17.2 Å². The highest BCUT2D eigenvalue weighted by Gasteiger charge is 2.46. The van der Waals surface area contributed by atoms with Gasteiger partial charge in [0, 0.05) is 18.8 Å². The van der Waals surface area contributed by atoms with E-state index < -0.39 is 24.0 Å². The summed E-state index contributed by atoms with van der Waals surface area (Å²) in [7, 11) is 7.54. The minimum atomic E-state index is -1.20. The summed E-state index contributed by atoms with van der Waals surface area (Å²) >= 11 is 0. The average Bonchev–Trinajstić information content (AvgIpc) is 2.85. The molecule has 1 aliphatic heterocycles. The number of rotatable bonds is 21. The number of aliphatic carboxylic acids is 1. The van der Waals surface area contributed by atoms with Crippen LogP contribution in [0.4, 0.5) is 0 Å². The molecule has 2 unspecified atom stereocenters. The first-order valence-corrected chi connectivity index (χ1v) is 14.5. The summed E-state index contributed by atoms with van der Waals surface area (Å²) in [4.78, 5) is 41.7. The van der Waals surface area contributed by atoms with Crippen molar-refractivity contribution in [1.29, 1.82) is 0 Å². The third-order valence-electron chi connectivity index (χ3n) is 6.78. The van der Waals surface area contributed by atoms with Gasteiger partial charge in [0.05, 0.1) is 27.7 Å². The second-order valence-electron chi connectivity index (χ2n) is 11.4. The van der Waals surface area contributed by atoms with Gasteiger partial charge in [-0.1, -0.05) is 90.4 Å². The molecule has 0 aromatic heterocycles. The van der Waals surface area contributed by atoms with Crippen molar-refractivity contribution in [2.24, 2.45) is 4.99 Å². The fraction of sp³-hybridized carbons (Fsp3) is 0.793. The number of hydrogen-bond acceptors (Lipinski definition) is 6. The zero-order chi connectivity index (χ0) is 28.4. The van der Waals surface area contributed by atoms with Crippen LogP contribution in [0.2, 0.25) is 0 Å². The summed E-state index contributed by atoms with van der Waals surface area (Å²) in [5, 5.41) is 11.8. The molecule has 2 N–H and O–H groups in total. The summed E-state index contributed by atoms with van der Waals surface area (Å²) < 4.78 is 5.89. The lowest BCUT2D eigenvalue weighted by Crippen LogP contribution is -2.63. The van der Waals surface area contributed by atoms with E-state index in [-0.39, 0.29) is 5.91 Å². The van der Waals surface area contributed by atoms with Crippen molar-refractivity contribution in [3.8, 4) is 0 Å². The summed E-state index contributed by atoms with van der Waals surface area (Å²) in [5.74, 6) is -1.96. The molecule has 0 spiro atoms.